The van der Waals surface area contributed by atoms with Crippen LogP contribution in [0.25, 0.3) is 0 Å². The van der Waals surface area contributed by atoms with Crippen molar-refractivity contribution in [1.29, 1.82) is 0 Å². The quantitative estimate of drug-likeness (QED) is 0.401. The Labute approximate surface area is 201 Å². The third-order valence-electron chi connectivity index (χ3n) is 11.1. The van der Waals surface area contributed by atoms with Crippen molar-refractivity contribution in [1.82, 2.24) is 0 Å². The van der Waals surface area contributed by atoms with Gasteiger partial charge in [0, 0.05) is 7.11 Å². The van der Waals surface area contributed by atoms with Crippen LogP contribution in [0, 0.1) is 52.3 Å². The van der Waals surface area contributed by atoms with Crippen molar-refractivity contribution in [3.8, 4) is 0 Å². The van der Waals surface area contributed by atoms with Crippen molar-refractivity contribution in [2.75, 3.05) is 21.0 Å². The summed E-state index contributed by atoms with van der Waals surface area (Å²) in [4.78, 5) is 11.8. The van der Waals surface area contributed by atoms with E-state index in [1.165, 1.54) is 58.5 Å². The zero-order chi connectivity index (χ0) is 24.0. The number of aliphatic hydroxyl groups excluding tert-OH is 1. The molecule has 0 heterocycles. The highest BCUT2D eigenvalue weighted by molar-refractivity contribution is 5.74. The number of hydrogen-bond donors (Lipinski definition) is 1. The number of ether oxygens (including phenoxy) is 3. The maximum Gasteiger partial charge on any atom is 0.334 e. The van der Waals surface area contributed by atoms with Crippen molar-refractivity contribution in [3.63, 3.8) is 0 Å². The van der Waals surface area contributed by atoms with Crippen LogP contribution < -0.4 is 0 Å². The lowest BCUT2D eigenvalue weighted by Gasteiger charge is -2.63. The molecule has 1 N–H and O–H groups in total. The van der Waals surface area contributed by atoms with Crippen molar-refractivity contribution in [3.05, 3.63) is 0 Å². The molecule has 4 rings (SSSR count). The van der Waals surface area contributed by atoms with Gasteiger partial charge >= 0.3 is 5.97 Å². The van der Waals surface area contributed by atoms with E-state index >= 15 is 0 Å². The SMILES string of the molecule is COCO[C@@H]1C[C@@H]2C[C@H](C)CC[C@]2(C)C2CC[C@]3(C)[C@@H]([C@H](C)CC(O)C(=O)OC)CC[C@H]3C21. The molecule has 190 valence electrons. The van der Waals surface area contributed by atoms with Gasteiger partial charge in [-0.25, -0.2) is 4.79 Å². The third-order valence-corrected chi connectivity index (χ3v) is 11.1. The van der Waals surface area contributed by atoms with Crippen LogP contribution in [-0.4, -0.2) is 44.3 Å². The van der Waals surface area contributed by atoms with E-state index in [9.17, 15) is 9.90 Å². The average molecular weight is 465 g/mol. The first-order chi connectivity index (χ1) is 15.7. The van der Waals surface area contributed by atoms with Gasteiger partial charge in [0.1, 0.15) is 6.79 Å². The van der Waals surface area contributed by atoms with E-state index in [0.717, 1.165) is 17.8 Å². The van der Waals surface area contributed by atoms with E-state index in [4.69, 9.17) is 14.2 Å². The number of carbonyl (C=O) groups is 1. The fraction of sp³-hybridized carbons (Fsp3) is 0.964. The molecular formula is C28H48O5. The molecule has 4 saturated carbocycles. The van der Waals surface area contributed by atoms with Crippen LogP contribution in [-0.2, 0) is 19.0 Å². The summed E-state index contributed by atoms with van der Waals surface area (Å²) >= 11 is 0. The summed E-state index contributed by atoms with van der Waals surface area (Å²) in [7, 11) is 3.09. The molecule has 11 atom stereocenters. The maximum atomic E-state index is 11.8. The summed E-state index contributed by atoms with van der Waals surface area (Å²) in [6, 6.07) is 0. The molecule has 4 aliphatic carbocycles. The maximum absolute atomic E-state index is 11.8. The summed E-state index contributed by atoms with van der Waals surface area (Å²) in [6.45, 7) is 10.2. The minimum atomic E-state index is -1.01. The van der Waals surface area contributed by atoms with Gasteiger partial charge in [-0.05, 0) is 104 Å². The molecule has 0 radical (unpaired) electrons. The molecule has 0 saturated heterocycles. The van der Waals surface area contributed by atoms with Gasteiger partial charge in [-0.1, -0.05) is 34.1 Å². The lowest BCUT2D eigenvalue weighted by molar-refractivity contribution is -0.204. The van der Waals surface area contributed by atoms with Gasteiger partial charge in [0.2, 0.25) is 0 Å². The third kappa shape index (κ3) is 4.40. The Kier molecular flexibility index (Phi) is 7.54. The highest BCUT2D eigenvalue weighted by Crippen LogP contribution is 2.69. The van der Waals surface area contributed by atoms with E-state index < -0.39 is 12.1 Å². The lowest BCUT2D eigenvalue weighted by Crippen LogP contribution is -2.58. The molecular weight excluding hydrogens is 416 g/mol. The van der Waals surface area contributed by atoms with Gasteiger partial charge in [-0.15, -0.1) is 0 Å². The molecule has 5 nitrogen and oxygen atoms in total. The second-order valence-corrected chi connectivity index (χ2v) is 12.7. The second kappa shape index (κ2) is 9.78. The van der Waals surface area contributed by atoms with Gasteiger partial charge in [-0.2, -0.15) is 0 Å². The van der Waals surface area contributed by atoms with E-state index in [2.05, 4.69) is 27.7 Å². The highest BCUT2D eigenvalue weighted by Gasteiger charge is 2.63. The smallest absolute Gasteiger partial charge is 0.334 e. The fourth-order valence-corrected chi connectivity index (χ4v) is 9.47. The van der Waals surface area contributed by atoms with Crippen LogP contribution in [0.1, 0.15) is 85.5 Å². The van der Waals surface area contributed by atoms with Crippen LogP contribution in [0.4, 0.5) is 0 Å². The Morgan fingerprint density at radius 3 is 2.42 bits per heavy atom. The first-order valence-electron chi connectivity index (χ1n) is 13.5. The zero-order valence-corrected chi connectivity index (χ0v) is 21.8. The number of aliphatic hydroxyl groups is 1. The van der Waals surface area contributed by atoms with E-state index in [1.807, 2.05) is 0 Å². The Hall–Kier alpha value is -0.650. The summed E-state index contributed by atoms with van der Waals surface area (Å²) in [5, 5.41) is 10.3. The summed E-state index contributed by atoms with van der Waals surface area (Å²) < 4.78 is 16.6. The number of methoxy groups -OCH3 is 2. The van der Waals surface area contributed by atoms with Gasteiger partial charge in [0.25, 0.3) is 0 Å². The van der Waals surface area contributed by atoms with Crippen molar-refractivity contribution in [2.24, 2.45) is 52.3 Å². The molecule has 0 aromatic rings. The molecule has 0 bridgehead atoms. The van der Waals surface area contributed by atoms with Crippen LogP contribution >= 0.6 is 0 Å². The van der Waals surface area contributed by atoms with Crippen LogP contribution in [0.2, 0.25) is 0 Å². The van der Waals surface area contributed by atoms with Gasteiger partial charge < -0.3 is 19.3 Å². The predicted molar refractivity (Wildman–Crippen MR) is 128 cm³/mol. The normalized spacial score (nSPS) is 46.6. The summed E-state index contributed by atoms with van der Waals surface area (Å²) in [5.74, 6) is 3.90. The molecule has 0 aromatic heterocycles. The highest BCUT2D eigenvalue weighted by atomic mass is 16.7. The largest absolute Gasteiger partial charge is 0.467 e. The number of rotatable bonds is 7. The second-order valence-electron chi connectivity index (χ2n) is 12.7. The molecule has 0 aliphatic heterocycles. The van der Waals surface area contributed by atoms with Crippen LogP contribution in [0.5, 0.6) is 0 Å². The molecule has 33 heavy (non-hydrogen) atoms. The van der Waals surface area contributed by atoms with Crippen LogP contribution in [0.3, 0.4) is 0 Å². The number of fused-ring (bicyclic) bond motifs is 5. The Balaban J connectivity index is 1.58. The Bertz CT molecular complexity index is 696. The monoisotopic (exact) mass is 464 g/mol. The molecule has 4 fully saturated rings. The number of hydrogen-bond acceptors (Lipinski definition) is 5. The predicted octanol–water partition coefficient (Wildman–Crippen LogP) is 5.44. The first kappa shape index (κ1) is 25.4. The molecule has 0 spiro atoms. The Morgan fingerprint density at radius 1 is 1.03 bits per heavy atom. The number of esters is 1. The summed E-state index contributed by atoms with van der Waals surface area (Å²) in [6.07, 6.45) is 10.0. The molecule has 0 amide bonds. The van der Waals surface area contributed by atoms with E-state index in [0.29, 0.717) is 42.3 Å². The number of carbonyl (C=O) groups excluding carboxylic acids is 1. The molecule has 4 aliphatic rings. The van der Waals surface area contributed by atoms with Gasteiger partial charge in [-0.3, -0.25) is 0 Å². The van der Waals surface area contributed by atoms with E-state index in [1.54, 1.807) is 7.11 Å². The first-order valence-corrected chi connectivity index (χ1v) is 13.5. The van der Waals surface area contributed by atoms with E-state index in [-0.39, 0.29) is 11.5 Å². The fourth-order valence-electron chi connectivity index (χ4n) is 9.47. The molecule has 0 aromatic carbocycles. The minimum Gasteiger partial charge on any atom is -0.467 e. The topological polar surface area (TPSA) is 65.0 Å². The van der Waals surface area contributed by atoms with Gasteiger partial charge in [0.15, 0.2) is 6.10 Å². The van der Waals surface area contributed by atoms with Crippen LogP contribution in [0.15, 0.2) is 0 Å². The molecule has 3 unspecified atom stereocenters. The van der Waals surface area contributed by atoms with Crippen molar-refractivity contribution >= 4 is 5.97 Å². The van der Waals surface area contributed by atoms with Crippen molar-refractivity contribution < 1.29 is 24.1 Å². The lowest BCUT2D eigenvalue weighted by atomic mass is 9.43. The Morgan fingerprint density at radius 2 is 1.73 bits per heavy atom. The van der Waals surface area contributed by atoms with Crippen molar-refractivity contribution in [2.45, 2.75) is 97.7 Å². The molecule has 5 heteroatoms. The van der Waals surface area contributed by atoms with Gasteiger partial charge in [0.05, 0.1) is 13.2 Å². The standard InChI is InChI=1S/C28H48O5/c1-17-9-11-27(3)19(13-17)15-24(33-16-31-5)25-21-8-7-20(28(21,4)12-10-22(25)27)18(2)14-23(29)26(30)32-6/h17-25,29H,7-16H2,1-6H3/t17-,18-,19+,20-,21+,22?,23?,24-,25?,27+,28-/m1/s1. The summed E-state index contributed by atoms with van der Waals surface area (Å²) in [5.41, 5.74) is 0.687. The average Bonchev–Trinajstić information content (AvgIpc) is 3.14. The zero-order valence-electron chi connectivity index (χ0n) is 21.8. The minimum absolute atomic E-state index is 0.246.